The summed E-state index contributed by atoms with van der Waals surface area (Å²) in [4.78, 5) is 15.9. The zero-order valence-electron chi connectivity index (χ0n) is 24.7. The largest absolute Gasteiger partial charge is 0.497 e. The van der Waals surface area contributed by atoms with Gasteiger partial charge in [-0.05, 0) is 107 Å². The van der Waals surface area contributed by atoms with E-state index in [-0.39, 0.29) is 36.7 Å². The summed E-state index contributed by atoms with van der Waals surface area (Å²) in [5, 5.41) is 3.21. The molecule has 1 saturated carbocycles. The van der Waals surface area contributed by atoms with Crippen molar-refractivity contribution in [1.82, 2.24) is 14.5 Å². The minimum atomic E-state index is -3.69. The van der Waals surface area contributed by atoms with Crippen molar-refractivity contribution in [1.29, 1.82) is 0 Å². The number of likely N-dealkylation sites (tertiary alicyclic amines) is 1. The van der Waals surface area contributed by atoms with Crippen LogP contribution in [0.2, 0.25) is 0 Å². The molecular formula is C32H45N3O5S. The number of piperidine rings is 1. The van der Waals surface area contributed by atoms with Crippen LogP contribution in [0.4, 0.5) is 0 Å². The molecule has 1 atom stereocenters. The Kier molecular flexibility index (Phi) is 9.38. The third kappa shape index (κ3) is 6.48. The van der Waals surface area contributed by atoms with E-state index in [0.29, 0.717) is 34.7 Å². The lowest BCUT2D eigenvalue weighted by Crippen LogP contribution is -2.51. The molecule has 0 bridgehead atoms. The second-order valence-electron chi connectivity index (χ2n) is 12.0. The third-order valence-electron chi connectivity index (χ3n) is 9.26. The number of hydrogen-bond donors (Lipinski definition) is 1. The first-order chi connectivity index (χ1) is 19.7. The summed E-state index contributed by atoms with van der Waals surface area (Å²) in [5.41, 5.74) is 2.79. The molecule has 224 valence electrons. The second-order valence-corrected chi connectivity index (χ2v) is 13.8. The average molecular weight is 584 g/mol. The predicted molar refractivity (Wildman–Crippen MR) is 160 cm³/mol. The molecule has 0 radical (unpaired) electrons. The van der Waals surface area contributed by atoms with Gasteiger partial charge < -0.3 is 14.8 Å². The Morgan fingerprint density at radius 3 is 2.27 bits per heavy atom. The highest BCUT2D eigenvalue weighted by molar-refractivity contribution is 7.89. The van der Waals surface area contributed by atoms with Crippen molar-refractivity contribution >= 4 is 15.9 Å². The standard InChI is InChI=1S/C32H45N3O5S/c1-24-20-29(39-3)21-25(2)31(24)41(37,38)35-19-9-12-28(22-35)40-23-30(36)33-27-13-15-32(16-14-27,34-17-7-8-18-34)26-10-5-4-6-11-26/h4-6,10-11,20-21,27-28H,7-9,12-19,22-23H2,1-3H3,(H,33,36). The van der Waals surface area contributed by atoms with Crippen LogP contribution >= 0.6 is 0 Å². The number of carbonyl (C=O) groups is 1. The molecule has 1 N–H and O–H groups in total. The van der Waals surface area contributed by atoms with Gasteiger partial charge in [-0.2, -0.15) is 4.31 Å². The lowest BCUT2D eigenvalue weighted by molar-refractivity contribution is -0.129. The van der Waals surface area contributed by atoms with Crippen LogP contribution in [0.5, 0.6) is 5.75 Å². The molecule has 2 aliphatic heterocycles. The van der Waals surface area contributed by atoms with Crippen molar-refractivity contribution in [2.24, 2.45) is 0 Å². The van der Waals surface area contributed by atoms with E-state index in [1.807, 2.05) is 0 Å². The smallest absolute Gasteiger partial charge is 0.246 e. The summed E-state index contributed by atoms with van der Waals surface area (Å²) >= 11 is 0. The lowest BCUT2D eigenvalue weighted by Gasteiger charge is -2.47. The van der Waals surface area contributed by atoms with Gasteiger partial charge in [-0.15, -0.1) is 0 Å². The molecule has 2 heterocycles. The van der Waals surface area contributed by atoms with Gasteiger partial charge in [-0.1, -0.05) is 30.3 Å². The van der Waals surface area contributed by atoms with Gasteiger partial charge in [0.15, 0.2) is 0 Å². The number of ether oxygens (including phenoxy) is 2. The first-order valence-corrected chi connectivity index (χ1v) is 16.5. The topological polar surface area (TPSA) is 88.2 Å². The molecule has 3 aliphatic rings. The van der Waals surface area contributed by atoms with E-state index < -0.39 is 10.0 Å². The number of amides is 1. The van der Waals surface area contributed by atoms with E-state index in [4.69, 9.17) is 9.47 Å². The van der Waals surface area contributed by atoms with Crippen molar-refractivity contribution < 1.29 is 22.7 Å². The SMILES string of the molecule is COc1cc(C)c(S(=O)(=O)N2CCCC(OCC(=O)NC3CCC(c4ccccc4)(N4CCCC4)CC3)C2)c(C)c1. The van der Waals surface area contributed by atoms with Gasteiger partial charge >= 0.3 is 0 Å². The van der Waals surface area contributed by atoms with Crippen LogP contribution in [0.3, 0.4) is 0 Å². The molecule has 1 aliphatic carbocycles. The molecule has 2 aromatic rings. The van der Waals surface area contributed by atoms with Crippen molar-refractivity contribution in [2.45, 2.75) is 87.8 Å². The van der Waals surface area contributed by atoms with Gasteiger partial charge in [0.2, 0.25) is 15.9 Å². The van der Waals surface area contributed by atoms with Crippen LogP contribution in [0.25, 0.3) is 0 Å². The summed E-state index contributed by atoms with van der Waals surface area (Å²) in [7, 11) is -2.12. The number of nitrogens with zero attached hydrogens (tertiary/aromatic N) is 2. The molecular weight excluding hydrogens is 538 g/mol. The van der Waals surface area contributed by atoms with Crippen LogP contribution in [-0.4, -0.2) is 75.6 Å². The fraction of sp³-hybridized carbons (Fsp3) is 0.594. The van der Waals surface area contributed by atoms with Gasteiger partial charge in [0, 0.05) is 24.7 Å². The Morgan fingerprint density at radius 2 is 1.63 bits per heavy atom. The molecule has 9 heteroatoms. The Labute approximate surface area is 245 Å². The van der Waals surface area contributed by atoms with Crippen LogP contribution in [0.1, 0.15) is 68.1 Å². The third-order valence-corrected chi connectivity index (χ3v) is 11.4. The molecule has 1 amide bonds. The van der Waals surface area contributed by atoms with Gasteiger partial charge in [-0.3, -0.25) is 9.69 Å². The molecule has 0 spiro atoms. The molecule has 0 aromatic heterocycles. The maximum Gasteiger partial charge on any atom is 0.246 e. The summed E-state index contributed by atoms with van der Waals surface area (Å²) in [6.45, 7) is 6.53. The van der Waals surface area contributed by atoms with E-state index in [9.17, 15) is 13.2 Å². The van der Waals surface area contributed by atoms with Gasteiger partial charge in [0.05, 0.1) is 18.1 Å². The Balaban J connectivity index is 1.14. The fourth-order valence-electron chi connectivity index (χ4n) is 7.21. The number of rotatable bonds is 9. The van der Waals surface area contributed by atoms with E-state index in [1.165, 1.54) is 22.7 Å². The molecule has 1 unspecified atom stereocenters. The van der Waals surface area contributed by atoms with E-state index in [0.717, 1.165) is 45.2 Å². The van der Waals surface area contributed by atoms with Crippen molar-refractivity contribution in [3.8, 4) is 5.75 Å². The molecule has 41 heavy (non-hydrogen) atoms. The lowest BCUT2D eigenvalue weighted by atomic mass is 9.73. The number of methoxy groups -OCH3 is 1. The van der Waals surface area contributed by atoms with E-state index >= 15 is 0 Å². The summed E-state index contributed by atoms with van der Waals surface area (Å²) < 4.78 is 39.9. The molecule has 3 fully saturated rings. The van der Waals surface area contributed by atoms with Crippen molar-refractivity contribution in [3.05, 3.63) is 59.2 Å². The summed E-state index contributed by atoms with van der Waals surface area (Å²) in [6.07, 6.45) is 7.57. The van der Waals surface area contributed by atoms with Crippen molar-refractivity contribution in [2.75, 3.05) is 39.9 Å². The van der Waals surface area contributed by atoms with Crippen molar-refractivity contribution in [3.63, 3.8) is 0 Å². The molecule has 2 saturated heterocycles. The number of sulfonamides is 1. The van der Waals surface area contributed by atoms with Gasteiger partial charge in [0.1, 0.15) is 12.4 Å². The van der Waals surface area contributed by atoms with Crippen LogP contribution in [0.15, 0.2) is 47.4 Å². The fourth-order valence-corrected chi connectivity index (χ4v) is 9.13. The molecule has 8 nitrogen and oxygen atoms in total. The molecule has 5 rings (SSSR count). The number of aryl methyl sites for hydroxylation is 2. The maximum absolute atomic E-state index is 13.6. The van der Waals surface area contributed by atoms with Gasteiger partial charge in [0.25, 0.3) is 0 Å². The number of hydrogen-bond acceptors (Lipinski definition) is 6. The number of carbonyl (C=O) groups excluding carboxylic acids is 1. The maximum atomic E-state index is 13.6. The quantitative estimate of drug-likeness (QED) is 0.467. The minimum Gasteiger partial charge on any atom is -0.497 e. The summed E-state index contributed by atoms with van der Waals surface area (Å²) in [6, 6.07) is 14.5. The molecule has 2 aromatic carbocycles. The van der Waals surface area contributed by atoms with E-state index in [2.05, 4.69) is 40.5 Å². The Morgan fingerprint density at radius 1 is 0.976 bits per heavy atom. The Hall–Kier alpha value is -2.46. The second kappa shape index (κ2) is 12.8. The monoisotopic (exact) mass is 583 g/mol. The normalized spacial score (nSPS) is 26.1. The number of nitrogens with one attached hydrogen (secondary N) is 1. The van der Waals surface area contributed by atoms with Crippen LogP contribution < -0.4 is 10.1 Å². The predicted octanol–water partition coefficient (Wildman–Crippen LogP) is 4.53. The zero-order chi connectivity index (χ0) is 29.0. The first kappa shape index (κ1) is 30.0. The summed E-state index contributed by atoms with van der Waals surface area (Å²) in [5.74, 6) is 0.523. The van der Waals surface area contributed by atoms with E-state index in [1.54, 1.807) is 33.1 Å². The highest BCUT2D eigenvalue weighted by Gasteiger charge is 2.43. The highest BCUT2D eigenvalue weighted by atomic mass is 32.2. The Bertz CT molecular complexity index is 1280. The zero-order valence-corrected chi connectivity index (χ0v) is 25.5. The van der Waals surface area contributed by atoms with Gasteiger partial charge in [-0.25, -0.2) is 8.42 Å². The minimum absolute atomic E-state index is 0.0500. The van der Waals surface area contributed by atoms with Crippen LogP contribution in [0, 0.1) is 13.8 Å². The first-order valence-electron chi connectivity index (χ1n) is 15.1. The number of benzene rings is 2. The highest BCUT2D eigenvalue weighted by Crippen LogP contribution is 2.44. The average Bonchev–Trinajstić information content (AvgIpc) is 3.52. The van der Waals surface area contributed by atoms with Crippen LogP contribution in [-0.2, 0) is 25.1 Å².